The number of halogens is 1. The Morgan fingerprint density at radius 2 is 2.14 bits per heavy atom. The fraction of sp³-hybridized carbons (Fsp3) is 0.375. The van der Waals surface area contributed by atoms with Crippen LogP contribution in [0.15, 0.2) is 30.5 Å². The molecule has 1 aromatic carbocycles. The molecule has 6 heteroatoms. The monoisotopic (exact) mass is 320 g/mol. The van der Waals surface area contributed by atoms with Gasteiger partial charge in [-0.2, -0.15) is 5.10 Å². The summed E-state index contributed by atoms with van der Waals surface area (Å²) in [6.07, 6.45) is 2.64. The van der Waals surface area contributed by atoms with Crippen molar-refractivity contribution < 1.29 is 4.79 Å². The second-order valence-electron chi connectivity index (χ2n) is 5.51. The predicted octanol–water partition coefficient (Wildman–Crippen LogP) is 2.00. The summed E-state index contributed by atoms with van der Waals surface area (Å²) in [6, 6.07) is 8.25. The van der Waals surface area contributed by atoms with Crippen LogP contribution in [-0.2, 0) is 0 Å². The second kappa shape index (κ2) is 6.94. The molecule has 0 spiro atoms. The number of benzene rings is 1. The maximum atomic E-state index is 12.4. The highest BCUT2D eigenvalue weighted by molar-refractivity contribution is 5.95. The lowest BCUT2D eigenvalue weighted by Gasteiger charge is -2.11. The zero-order valence-corrected chi connectivity index (χ0v) is 13.6. The Kier molecular flexibility index (Phi) is 5.21. The Bertz CT molecular complexity index is 662. The third-order valence-corrected chi connectivity index (χ3v) is 3.99. The van der Waals surface area contributed by atoms with Crippen molar-refractivity contribution in [2.24, 2.45) is 0 Å². The highest BCUT2D eigenvalue weighted by Crippen LogP contribution is 2.17. The summed E-state index contributed by atoms with van der Waals surface area (Å²) in [6.45, 7) is 5.78. The SMILES string of the molecule is Cc1ccccc1-n1ncc(C(=O)NC2CCNC2)c1C.Cl. The summed E-state index contributed by atoms with van der Waals surface area (Å²) in [5, 5.41) is 10.7. The van der Waals surface area contributed by atoms with Crippen LogP contribution in [0, 0.1) is 13.8 Å². The lowest BCUT2D eigenvalue weighted by atomic mass is 10.2. The average Bonchev–Trinajstić information content (AvgIpc) is 3.09. The van der Waals surface area contributed by atoms with E-state index in [1.54, 1.807) is 6.20 Å². The summed E-state index contributed by atoms with van der Waals surface area (Å²) in [5.74, 6) is -0.0407. The van der Waals surface area contributed by atoms with E-state index in [1.165, 1.54) is 0 Å². The first-order valence-electron chi connectivity index (χ1n) is 7.29. The van der Waals surface area contributed by atoms with Gasteiger partial charge in [-0.1, -0.05) is 18.2 Å². The molecular weight excluding hydrogens is 300 g/mol. The minimum Gasteiger partial charge on any atom is -0.348 e. The molecule has 2 aromatic rings. The maximum absolute atomic E-state index is 12.4. The van der Waals surface area contributed by atoms with E-state index in [0.717, 1.165) is 36.5 Å². The molecule has 2 heterocycles. The molecule has 5 nitrogen and oxygen atoms in total. The molecule has 2 N–H and O–H groups in total. The maximum Gasteiger partial charge on any atom is 0.255 e. The molecule has 0 bridgehead atoms. The fourth-order valence-electron chi connectivity index (χ4n) is 2.72. The normalized spacial score (nSPS) is 17.1. The number of nitrogens with one attached hydrogen (secondary N) is 2. The first kappa shape index (κ1) is 16.5. The van der Waals surface area contributed by atoms with Gasteiger partial charge in [-0.05, 0) is 38.4 Å². The molecule has 22 heavy (non-hydrogen) atoms. The Morgan fingerprint density at radius 1 is 1.36 bits per heavy atom. The van der Waals surface area contributed by atoms with Crippen molar-refractivity contribution in [1.82, 2.24) is 20.4 Å². The van der Waals surface area contributed by atoms with Crippen molar-refractivity contribution in [2.45, 2.75) is 26.3 Å². The van der Waals surface area contributed by atoms with Crippen LogP contribution >= 0.6 is 12.4 Å². The molecule has 0 radical (unpaired) electrons. The molecule has 0 saturated carbocycles. The summed E-state index contributed by atoms with van der Waals surface area (Å²) in [5.41, 5.74) is 3.66. The summed E-state index contributed by atoms with van der Waals surface area (Å²) in [7, 11) is 0. The quantitative estimate of drug-likeness (QED) is 0.909. The molecule has 1 aliphatic heterocycles. The van der Waals surface area contributed by atoms with Crippen molar-refractivity contribution in [3.63, 3.8) is 0 Å². The Labute approximate surface area is 136 Å². The first-order valence-corrected chi connectivity index (χ1v) is 7.29. The standard InChI is InChI=1S/C16H20N4O.ClH/c1-11-5-3-4-6-15(11)20-12(2)14(10-18-20)16(21)19-13-7-8-17-9-13;/h3-6,10,13,17H,7-9H2,1-2H3,(H,19,21);1H. The van der Waals surface area contributed by atoms with Crippen molar-refractivity contribution in [2.75, 3.05) is 13.1 Å². The highest BCUT2D eigenvalue weighted by Gasteiger charge is 2.21. The van der Waals surface area contributed by atoms with E-state index in [0.29, 0.717) is 5.56 Å². The van der Waals surface area contributed by atoms with Gasteiger partial charge in [-0.25, -0.2) is 4.68 Å². The second-order valence-corrected chi connectivity index (χ2v) is 5.51. The number of rotatable bonds is 3. The average molecular weight is 321 g/mol. The van der Waals surface area contributed by atoms with Crippen LogP contribution in [0.3, 0.4) is 0 Å². The number of para-hydroxylation sites is 1. The number of carbonyl (C=O) groups excluding carboxylic acids is 1. The van der Waals surface area contributed by atoms with Crippen LogP contribution in [0.25, 0.3) is 5.69 Å². The van der Waals surface area contributed by atoms with E-state index in [2.05, 4.69) is 15.7 Å². The molecule has 1 atom stereocenters. The van der Waals surface area contributed by atoms with Gasteiger partial charge in [0.25, 0.3) is 5.91 Å². The van der Waals surface area contributed by atoms with Crippen molar-refractivity contribution in [1.29, 1.82) is 0 Å². The smallest absolute Gasteiger partial charge is 0.255 e. The van der Waals surface area contributed by atoms with E-state index < -0.39 is 0 Å². The zero-order chi connectivity index (χ0) is 14.8. The molecule has 1 aromatic heterocycles. The molecule has 0 aliphatic carbocycles. The third kappa shape index (κ3) is 3.15. The van der Waals surface area contributed by atoms with Gasteiger partial charge in [0.2, 0.25) is 0 Å². The third-order valence-electron chi connectivity index (χ3n) is 3.99. The van der Waals surface area contributed by atoms with Crippen molar-refractivity contribution in [3.8, 4) is 5.69 Å². The molecule has 1 saturated heterocycles. The number of hydrogen-bond acceptors (Lipinski definition) is 3. The van der Waals surface area contributed by atoms with Gasteiger partial charge in [0.15, 0.2) is 0 Å². The van der Waals surface area contributed by atoms with Crippen LogP contribution in [0.2, 0.25) is 0 Å². The lowest BCUT2D eigenvalue weighted by Crippen LogP contribution is -2.36. The minimum absolute atomic E-state index is 0. The Hall–Kier alpha value is -1.85. The number of hydrogen-bond donors (Lipinski definition) is 2. The molecule has 1 fully saturated rings. The van der Waals surface area contributed by atoms with Gasteiger partial charge >= 0.3 is 0 Å². The van der Waals surface area contributed by atoms with Gasteiger partial charge in [0.05, 0.1) is 23.1 Å². The molecule has 1 amide bonds. The van der Waals surface area contributed by atoms with Gasteiger partial charge in [0, 0.05) is 12.6 Å². The van der Waals surface area contributed by atoms with Crippen LogP contribution in [0.4, 0.5) is 0 Å². The molecular formula is C16H21ClN4O. The summed E-state index contributed by atoms with van der Waals surface area (Å²) in [4.78, 5) is 12.4. The Morgan fingerprint density at radius 3 is 2.82 bits per heavy atom. The Balaban J connectivity index is 0.00000176. The number of aromatic nitrogens is 2. The summed E-state index contributed by atoms with van der Waals surface area (Å²) >= 11 is 0. The van der Waals surface area contributed by atoms with Gasteiger partial charge in [-0.3, -0.25) is 4.79 Å². The van der Waals surface area contributed by atoms with E-state index >= 15 is 0 Å². The van der Waals surface area contributed by atoms with Crippen LogP contribution < -0.4 is 10.6 Å². The predicted molar refractivity (Wildman–Crippen MR) is 89.0 cm³/mol. The van der Waals surface area contributed by atoms with Crippen molar-refractivity contribution in [3.05, 3.63) is 47.3 Å². The number of aryl methyl sites for hydroxylation is 1. The van der Waals surface area contributed by atoms with Gasteiger partial charge in [0.1, 0.15) is 0 Å². The first-order chi connectivity index (χ1) is 10.2. The summed E-state index contributed by atoms with van der Waals surface area (Å²) < 4.78 is 1.83. The zero-order valence-electron chi connectivity index (χ0n) is 12.8. The molecule has 3 rings (SSSR count). The van der Waals surface area contributed by atoms with Gasteiger partial charge < -0.3 is 10.6 Å². The largest absolute Gasteiger partial charge is 0.348 e. The topological polar surface area (TPSA) is 59.0 Å². The van der Waals surface area contributed by atoms with E-state index in [4.69, 9.17) is 0 Å². The minimum atomic E-state index is -0.0407. The lowest BCUT2D eigenvalue weighted by molar-refractivity contribution is 0.0939. The fourth-order valence-corrected chi connectivity index (χ4v) is 2.72. The van der Waals surface area contributed by atoms with Gasteiger partial charge in [-0.15, -0.1) is 12.4 Å². The van der Waals surface area contributed by atoms with Crippen LogP contribution in [0.5, 0.6) is 0 Å². The molecule has 1 aliphatic rings. The molecule has 118 valence electrons. The number of carbonyl (C=O) groups is 1. The number of nitrogens with zero attached hydrogens (tertiary/aromatic N) is 2. The van der Waals surface area contributed by atoms with E-state index in [-0.39, 0.29) is 24.4 Å². The highest BCUT2D eigenvalue weighted by atomic mass is 35.5. The van der Waals surface area contributed by atoms with Crippen molar-refractivity contribution >= 4 is 18.3 Å². The number of amides is 1. The van der Waals surface area contributed by atoms with E-state index in [9.17, 15) is 4.79 Å². The van der Waals surface area contributed by atoms with E-state index in [1.807, 2.05) is 42.8 Å². The van der Waals surface area contributed by atoms with Crippen LogP contribution in [-0.4, -0.2) is 34.8 Å². The van der Waals surface area contributed by atoms with Crippen LogP contribution in [0.1, 0.15) is 28.0 Å². The molecule has 1 unspecified atom stereocenters.